The van der Waals surface area contributed by atoms with Gasteiger partial charge in [-0.2, -0.15) is 8.42 Å². The lowest BCUT2D eigenvalue weighted by molar-refractivity contribution is -0.146. The third kappa shape index (κ3) is 6.29. The molecule has 0 unspecified atom stereocenters. The zero-order valence-electron chi connectivity index (χ0n) is 7.94. The van der Waals surface area contributed by atoms with Crippen molar-refractivity contribution in [3.8, 4) is 0 Å². The Balaban J connectivity index is 4.37. The monoisotopic (exact) mass is 257 g/mol. The molecular formula is C6H11NO8S. The SMILES string of the molecule is N[C@@H](CC[C@H](OS(=O)(=O)O)C(=O)O)C(=O)O. The molecule has 0 aromatic rings. The molecule has 0 fully saturated rings. The van der Waals surface area contributed by atoms with E-state index in [-0.39, 0.29) is 6.42 Å². The van der Waals surface area contributed by atoms with Crippen LogP contribution in [0.25, 0.3) is 0 Å². The first-order valence-electron chi connectivity index (χ1n) is 4.00. The predicted molar refractivity (Wildman–Crippen MR) is 48.9 cm³/mol. The van der Waals surface area contributed by atoms with E-state index >= 15 is 0 Å². The fourth-order valence-electron chi connectivity index (χ4n) is 0.814. The summed E-state index contributed by atoms with van der Waals surface area (Å²) < 4.78 is 32.6. The molecule has 0 amide bonds. The van der Waals surface area contributed by atoms with Crippen LogP contribution in [-0.4, -0.2) is 47.3 Å². The molecule has 0 aromatic heterocycles. The molecule has 94 valence electrons. The molecule has 0 saturated heterocycles. The second-order valence-corrected chi connectivity index (χ2v) is 3.92. The van der Waals surface area contributed by atoms with Crippen LogP contribution in [0.1, 0.15) is 12.8 Å². The maximum Gasteiger partial charge on any atom is 0.398 e. The van der Waals surface area contributed by atoms with Gasteiger partial charge in [0.1, 0.15) is 6.04 Å². The standard InChI is InChI=1S/C6H11NO8S/c7-3(5(8)9)1-2-4(6(10)11)15-16(12,13)14/h3-4H,1-2,7H2,(H,8,9)(H,10,11)(H,12,13,14)/t3-,4-/m0/s1. The van der Waals surface area contributed by atoms with Gasteiger partial charge in [0.25, 0.3) is 0 Å². The molecule has 0 heterocycles. The van der Waals surface area contributed by atoms with Crippen molar-refractivity contribution in [2.24, 2.45) is 5.73 Å². The third-order valence-electron chi connectivity index (χ3n) is 1.57. The van der Waals surface area contributed by atoms with Gasteiger partial charge in [0, 0.05) is 0 Å². The number of aliphatic carboxylic acids is 2. The summed E-state index contributed by atoms with van der Waals surface area (Å²) in [5, 5.41) is 16.9. The van der Waals surface area contributed by atoms with E-state index in [0.29, 0.717) is 0 Å². The Labute approximate surface area is 90.8 Å². The van der Waals surface area contributed by atoms with Crippen LogP contribution in [0.3, 0.4) is 0 Å². The quantitative estimate of drug-likeness (QED) is 0.395. The first-order chi connectivity index (χ1) is 7.13. The van der Waals surface area contributed by atoms with Gasteiger partial charge in [-0.3, -0.25) is 9.35 Å². The van der Waals surface area contributed by atoms with E-state index in [0.717, 1.165) is 0 Å². The zero-order chi connectivity index (χ0) is 12.9. The third-order valence-corrected chi connectivity index (χ3v) is 2.05. The maximum absolute atomic E-state index is 10.5. The maximum atomic E-state index is 10.5. The summed E-state index contributed by atoms with van der Waals surface area (Å²) in [4.78, 5) is 20.8. The molecule has 0 aliphatic heterocycles. The molecule has 0 aliphatic carbocycles. The molecule has 0 spiro atoms. The highest BCUT2D eigenvalue weighted by molar-refractivity contribution is 7.80. The highest BCUT2D eigenvalue weighted by Crippen LogP contribution is 2.08. The van der Waals surface area contributed by atoms with Crippen LogP contribution in [0.15, 0.2) is 0 Å². The lowest BCUT2D eigenvalue weighted by atomic mass is 10.1. The summed E-state index contributed by atoms with van der Waals surface area (Å²) >= 11 is 0. The van der Waals surface area contributed by atoms with E-state index in [1.54, 1.807) is 0 Å². The molecule has 0 saturated carbocycles. The Morgan fingerprint density at radius 2 is 1.69 bits per heavy atom. The normalized spacial score (nSPS) is 15.4. The minimum Gasteiger partial charge on any atom is -0.480 e. The number of rotatable bonds is 7. The molecule has 10 heteroatoms. The highest BCUT2D eigenvalue weighted by atomic mass is 32.3. The molecule has 5 N–H and O–H groups in total. The Kier molecular flexibility index (Phi) is 5.30. The van der Waals surface area contributed by atoms with Crippen molar-refractivity contribution in [2.45, 2.75) is 25.0 Å². The fourth-order valence-corrected chi connectivity index (χ4v) is 1.29. The van der Waals surface area contributed by atoms with Crippen molar-refractivity contribution < 1.29 is 37.0 Å². The molecule has 0 radical (unpaired) electrons. The fraction of sp³-hybridized carbons (Fsp3) is 0.667. The Morgan fingerprint density at radius 3 is 2.00 bits per heavy atom. The van der Waals surface area contributed by atoms with E-state index in [2.05, 4.69) is 4.18 Å². The number of nitrogens with two attached hydrogens (primary N) is 1. The van der Waals surface area contributed by atoms with Crippen molar-refractivity contribution in [2.75, 3.05) is 0 Å². The minimum atomic E-state index is -4.91. The van der Waals surface area contributed by atoms with Gasteiger partial charge < -0.3 is 15.9 Å². The summed E-state index contributed by atoms with van der Waals surface area (Å²) in [6, 6.07) is -1.33. The predicted octanol–water partition coefficient (Wildman–Crippen LogP) is -1.55. The van der Waals surface area contributed by atoms with E-state index < -0.39 is 40.9 Å². The minimum absolute atomic E-state index is 0.304. The lowest BCUT2D eigenvalue weighted by Gasteiger charge is -2.12. The molecule has 0 aliphatic rings. The first kappa shape index (κ1) is 14.8. The smallest absolute Gasteiger partial charge is 0.398 e. The second-order valence-electron chi connectivity index (χ2n) is 2.87. The van der Waals surface area contributed by atoms with E-state index in [9.17, 15) is 18.0 Å². The van der Waals surface area contributed by atoms with Gasteiger partial charge in [0.05, 0.1) is 0 Å². The van der Waals surface area contributed by atoms with Crippen LogP contribution >= 0.6 is 0 Å². The molecule has 2 atom stereocenters. The molecule has 16 heavy (non-hydrogen) atoms. The number of carboxylic acids is 2. The van der Waals surface area contributed by atoms with E-state index in [4.69, 9.17) is 20.5 Å². The number of hydrogen-bond donors (Lipinski definition) is 4. The van der Waals surface area contributed by atoms with Crippen molar-refractivity contribution in [1.29, 1.82) is 0 Å². The summed E-state index contributed by atoms with van der Waals surface area (Å²) in [5.74, 6) is -2.99. The van der Waals surface area contributed by atoms with Crippen molar-refractivity contribution >= 4 is 22.3 Å². The van der Waals surface area contributed by atoms with E-state index in [1.165, 1.54) is 0 Å². The van der Waals surface area contributed by atoms with Gasteiger partial charge >= 0.3 is 22.3 Å². The first-order valence-corrected chi connectivity index (χ1v) is 5.37. The van der Waals surface area contributed by atoms with Crippen LogP contribution in [0, 0.1) is 0 Å². The van der Waals surface area contributed by atoms with Gasteiger partial charge in [-0.05, 0) is 12.8 Å². The van der Waals surface area contributed by atoms with Crippen LogP contribution < -0.4 is 5.73 Å². The highest BCUT2D eigenvalue weighted by Gasteiger charge is 2.26. The Bertz CT molecular complexity index is 363. The summed E-state index contributed by atoms with van der Waals surface area (Å²) in [7, 11) is -4.91. The van der Waals surface area contributed by atoms with Crippen molar-refractivity contribution in [3.05, 3.63) is 0 Å². The number of carbonyl (C=O) groups is 2. The molecule has 0 rings (SSSR count). The summed E-state index contributed by atoms with van der Waals surface area (Å²) in [5.41, 5.74) is 5.07. The molecule has 0 bridgehead atoms. The Morgan fingerprint density at radius 1 is 1.19 bits per heavy atom. The zero-order valence-corrected chi connectivity index (χ0v) is 8.75. The van der Waals surface area contributed by atoms with Gasteiger partial charge in [0.15, 0.2) is 6.10 Å². The van der Waals surface area contributed by atoms with Gasteiger partial charge in [-0.1, -0.05) is 0 Å². The number of hydrogen-bond acceptors (Lipinski definition) is 6. The molecular weight excluding hydrogens is 246 g/mol. The van der Waals surface area contributed by atoms with Gasteiger partial charge in [-0.25, -0.2) is 8.98 Å². The van der Waals surface area contributed by atoms with Gasteiger partial charge in [0.2, 0.25) is 0 Å². The average molecular weight is 257 g/mol. The summed E-state index contributed by atoms with van der Waals surface area (Å²) in [6.45, 7) is 0. The number of carboxylic acid groups (broad SMARTS) is 2. The lowest BCUT2D eigenvalue weighted by Crippen LogP contribution is -2.34. The topological polar surface area (TPSA) is 164 Å². The second kappa shape index (κ2) is 5.75. The Hall–Kier alpha value is -1.23. The van der Waals surface area contributed by atoms with Crippen LogP contribution in [0.4, 0.5) is 0 Å². The largest absolute Gasteiger partial charge is 0.480 e. The van der Waals surface area contributed by atoms with Gasteiger partial charge in [-0.15, -0.1) is 0 Å². The van der Waals surface area contributed by atoms with Crippen molar-refractivity contribution in [3.63, 3.8) is 0 Å². The van der Waals surface area contributed by atoms with Crippen LogP contribution in [0.5, 0.6) is 0 Å². The molecule has 9 nitrogen and oxygen atoms in total. The van der Waals surface area contributed by atoms with E-state index in [1.807, 2.05) is 0 Å². The van der Waals surface area contributed by atoms with Crippen molar-refractivity contribution in [1.82, 2.24) is 0 Å². The van der Waals surface area contributed by atoms with Crippen LogP contribution in [0.2, 0.25) is 0 Å². The summed E-state index contributed by atoms with van der Waals surface area (Å²) in [6.07, 6.45) is -2.62. The van der Waals surface area contributed by atoms with Crippen LogP contribution in [-0.2, 0) is 24.2 Å². The average Bonchev–Trinajstić information content (AvgIpc) is 2.09. The molecule has 0 aromatic carbocycles.